The van der Waals surface area contributed by atoms with E-state index in [0.717, 1.165) is 4.47 Å². The third-order valence-corrected chi connectivity index (χ3v) is 3.25. The Bertz CT molecular complexity index is 429. The second kappa shape index (κ2) is 8.24. The molecule has 4 nitrogen and oxygen atoms in total. The number of halogens is 2. The van der Waals surface area contributed by atoms with Crippen LogP contribution in [0.3, 0.4) is 0 Å². The van der Waals surface area contributed by atoms with E-state index in [9.17, 15) is 9.18 Å². The predicted octanol–water partition coefficient (Wildman–Crippen LogP) is 1.52. The van der Waals surface area contributed by atoms with E-state index in [0.29, 0.717) is 31.6 Å². The van der Waals surface area contributed by atoms with Crippen LogP contribution in [0.1, 0.15) is 12.0 Å². The fourth-order valence-corrected chi connectivity index (χ4v) is 2.11. The van der Waals surface area contributed by atoms with Gasteiger partial charge in [-0.3, -0.25) is 9.69 Å². The van der Waals surface area contributed by atoms with Gasteiger partial charge < -0.3 is 10.4 Å². The quantitative estimate of drug-likeness (QED) is 0.796. The highest BCUT2D eigenvalue weighted by Crippen LogP contribution is 2.17. The Morgan fingerprint density at radius 1 is 1.47 bits per heavy atom. The van der Waals surface area contributed by atoms with Gasteiger partial charge in [0, 0.05) is 43.1 Å². The van der Waals surface area contributed by atoms with E-state index in [2.05, 4.69) is 21.2 Å². The lowest BCUT2D eigenvalue weighted by Gasteiger charge is -2.21. The monoisotopic (exact) mass is 332 g/mol. The molecule has 106 valence electrons. The maximum Gasteiger partial charge on any atom is 0.221 e. The molecule has 0 unspecified atom stereocenters. The Kier molecular flexibility index (Phi) is 6.97. The zero-order chi connectivity index (χ0) is 14.3. The molecule has 0 saturated heterocycles. The van der Waals surface area contributed by atoms with Crippen molar-refractivity contribution < 1.29 is 14.3 Å². The van der Waals surface area contributed by atoms with Crippen molar-refractivity contribution in [2.75, 3.05) is 26.7 Å². The normalized spacial score (nSPS) is 10.8. The van der Waals surface area contributed by atoms with Crippen molar-refractivity contribution in [2.45, 2.75) is 13.0 Å². The number of carbonyl (C=O) groups is 1. The SMILES string of the molecule is CNC(=O)CCN(CCO)Cc1cc(Br)ccc1F. The summed E-state index contributed by atoms with van der Waals surface area (Å²) in [5.41, 5.74) is 0.541. The van der Waals surface area contributed by atoms with Crippen LogP contribution in [0.5, 0.6) is 0 Å². The maximum atomic E-state index is 13.6. The Labute approximate surface area is 120 Å². The number of benzene rings is 1. The summed E-state index contributed by atoms with van der Waals surface area (Å²) in [5.74, 6) is -0.358. The van der Waals surface area contributed by atoms with Gasteiger partial charge in [-0.25, -0.2) is 4.39 Å². The predicted molar refractivity (Wildman–Crippen MR) is 75.1 cm³/mol. The van der Waals surface area contributed by atoms with Crippen molar-refractivity contribution in [3.63, 3.8) is 0 Å². The van der Waals surface area contributed by atoms with E-state index in [1.165, 1.54) is 6.07 Å². The topological polar surface area (TPSA) is 52.6 Å². The van der Waals surface area contributed by atoms with Gasteiger partial charge in [0.1, 0.15) is 5.82 Å². The summed E-state index contributed by atoms with van der Waals surface area (Å²) >= 11 is 3.30. The van der Waals surface area contributed by atoms with E-state index >= 15 is 0 Å². The number of hydrogen-bond acceptors (Lipinski definition) is 3. The van der Waals surface area contributed by atoms with Crippen molar-refractivity contribution in [3.05, 3.63) is 34.1 Å². The second-order valence-electron chi connectivity index (χ2n) is 4.16. The minimum absolute atomic E-state index is 0.0244. The van der Waals surface area contributed by atoms with Gasteiger partial charge in [0.15, 0.2) is 0 Å². The molecule has 0 aliphatic heterocycles. The molecule has 0 saturated carbocycles. The third-order valence-electron chi connectivity index (χ3n) is 2.75. The summed E-state index contributed by atoms with van der Waals surface area (Å²) in [6, 6.07) is 4.74. The van der Waals surface area contributed by atoms with Crippen molar-refractivity contribution in [1.29, 1.82) is 0 Å². The van der Waals surface area contributed by atoms with Gasteiger partial charge >= 0.3 is 0 Å². The molecule has 1 amide bonds. The first kappa shape index (κ1) is 16.1. The Morgan fingerprint density at radius 3 is 2.84 bits per heavy atom. The van der Waals surface area contributed by atoms with Crippen LogP contribution in [-0.4, -0.2) is 42.7 Å². The Balaban J connectivity index is 2.66. The van der Waals surface area contributed by atoms with E-state index in [-0.39, 0.29) is 18.3 Å². The molecule has 0 fully saturated rings. The number of nitrogens with zero attached hydrogens (tertiary/aromatic N) is 1. The van der Waals surface area contributed by atoms with Crippen LogP contribution in [0.25, 0.3) is 0 Å². The van der Waals surface area contributed by atoms with Crippen LogP contribution >= 0.6 is 15.9 Å². The molecule has 2 N–H and O–H groups in total. The molecule has 0 spiro atoms. The van der Waals surface area contributed by atoms with Crippen LogP contribution in [-0.2, 0) is 11.3 Å². The number of hydrogen-bond donors (Lipinski definition) is 2. The molecule has 0 bridgehead atoms. The third kappa shape index (κ3) is 5.67. The fraction of sp³-hybridized carbons (Fsp3) is 0.462. The molecule has 1 rings (SSSR count). The van der Waals surface area contributed by atoms with Crippen LogP contribution in [0, 0.1) is 5.82 Å². The highest BCUT2D eigenvalue weighted by molar-refractivity contribution is 9.10. The summed E-state index contributed by atoms with van der Waals surface area (Å²) in [7, 11) is 1.58. The molecule has 1 aromatic carbocycles. The average Bonchev–Trinajstić information content (AvgIpc) is 2.40. The van der Waals surface area contributed by atoms with Crippen molar-refractivity contribution in [1.82, 2.24) is 10.2 Å². The lowest BCUT2D eigenvalue weighted by atomic mass is 10.2. The number of nitrogens with one attached hydrogen (secondary N) is 1. The van der Waals surface area contributed by atoms with Gasteiger partial charge in [-0.1, -0.05) is 15.9 Å². The second-order valence-corrected chi connectivity index (χ2v) is 5.07. The summed E-state index contributed by atoms with van der Waals surface area (Å²) in [5, 5.41) is 11.6. The molecule has 0 radical (unpaired) electrons. The van der Waals surface area contributed by atoms with Crippen LogP contribution in [0.2, 0.25) is 0 Å². The molecule has 1 aromatic rings. The van der Waals surface area contributed by atoms with Crippen molar-refractivity contribution in [3.8, 4) is 0 Å². The van der Waals surface area contributed by atoms with E-state index < -0.39 is 0 Å². The van der Waals surface area contributed by atoms with E-state index in [1.54, 1.807) is 19.2 Å². The summed E-state index contributed by atoms with van der Waals surface area (Å²) in [6.45, 7) is 1.22. The largest absolute Gasteiger partial charge is 0.395 e. The smallest absolute Gasteiger partial charge is 0.221 e. The summed E-state index contributed by atoms with van der Waals surface area (Å²) in [6.07, 6.45) is 0.326. The van der Waals surface area contributed by atoms with E-state index in [4.69, 9.17) is 5.11 Å². The van der Waals surface area contributed by atoms with Crippen LogP contribution in [0.4, 0.5) is 4.39 Å². The molecular formula is C13H18BrFN2O2. The highest BCUT2D eigenvalue weighted by Gasteiger charge is 2.11. The number of carbonyl (C=O) groups excluding carboxylic acids is 1. The fourth-order valence-electron chi connectivity index (χ4n) is 1.70. The van der Waals surface area contributed by atoms with Gasteiger partial charge in [-0.15, -0.1) is 0 Å². The van der Waals surface area contributed by atoms with Crippen LogP contribution in [0.15, 0.2) is 22.7 Å². The Hall–Kier alpha value is -0.980. The standard InChI is InChI=1S/C13H18BrFN2O2/c1-16-13(19)4-5-17(6-7-18)9-10-8-11(14)2-3-12(10)15/h2-3,8,18H,4-7,9H2,1H3,(H,16,19). The van der Waals surface area contributed by atoms with Crippen LogP contribution < -0.4 is 5.32 Å². The lowest BCUT2D eigenvalue weighted by Crippen LogP contribution is -2.31. The molecule has 0 aromatic heterocycles. The molecular weight excluding hydrogens is 315 g/mol. The van der Waals surface area contributed by atoms with Crippen molar-refractivity contribution in [2.24, 2.45) is 0 Å². The number of aliphatic hydroxyl groups excluding tert-OH is 1. The van der Waals surface area contributed by atoms with Gasteiger partial charge in [0.05, 0.1) is 6.61 Å². The first-order valence-corrected chi connectivity index (χ1v) is 6.84. The lowest BCUT2D eigenvalue weighted by molar-refractivity contribution is -0.121. The number of aliphatic hydroxyl groups is 1. The first-order valence-electron chi connectivity index (χ1n) is 6.04. The zero-order valence-corrected chi connectivity index (χ0v) is 12.4. The maximum absolute atomic E-state index is 13.6. The highest BCUT2D eigenvalue weighted by atomic mass is 79.9. The minimum atomic E-state index is -0.286. The van der Waals surface area contributed by atoms with Crippen molar-refractivity contribution >= 4 is 21.8 Å². The molecule has 0 atom stereocenters. The molecule has 6 heteroatoms. The first-order chi connectivity index (χ1) is 9.06. The molecule has 19 heavy (non-hydrogen) atoms. The minimum Gasteiger partial charge on any atom is -0.395 e. The van der Waals surface area contributed by atoms with Gasteiger partial charge in [-0.05, 0) is 18.2 Å². The van der Waals surface area contributed by atoms with Gasteiger partial charge in [0.25, 0.3) is 0 Å². The average molecular weight is 333 g/mol. The molecule has 0 aliphatic rings. The molecule has 0 aliphatic carbocycles. The number of rotatable bonds is 7. The number of amides is 1. The Morgan fingerprint density at radius 2 is 2.21 bits per heavy atom. The molecule has 0 heterocycles. The zero-order valence-electron chi connectivity index (χ0n) is 10.8. The van der Waals surface area contributed by atoms with E-state index in [1.807, 2.05) is 4.90 Å². The van der Waals surface area contributed by atoms with Gasteiger partial charge in [0.2, 0.25) is 5.91 Å². The van der Waals surface area contributed by atoms with Gasteiger partial charge in [-0.2, -0.15) is 0 Å². The summed E-state index contributed by atoms with van der Waals surface area (Å²) < 4.78 is 14.5. The summed E-state index contributed by atoms with van der Waals surface area (Å²) in [4.78, 5) is 13.1.